The molecule has 0 saturated heterocycles. The van der Waals surface area contributed by atoms with Crippen LogP contribution in [-0.4, -0.2) is 40.1 Å². The van der Waals surface area contributed by atoms with Crippen molar-refractivity contribution >= 4 is 0 Å². The van der Waals surface area contributed by atoms with Gasteiger partial charge in [-0.15, -0.1) is 0 Å². The SMILES string of the molecule is COCCOCCOCc1occc1CNCC(C)C. The van der Waals surface area contributed by atoms with Crippen molar-refractivity contribution in [2.75, 3.05) is 40.1 Å². The average molecular weight is 285 g/mol. The molecule has 0 aliphatic carbocycles. The van der Waals surface area contributed by atoms with Crippen LogP contribution in [0.2, 0.25) is 0 Å². The van der Waals surface area contributed by atoms with E-state index in [1.54, 1.807) is 13.4 Å². The van der Waals surface area contributed by atoms with Crippen LogP contribution in [0.1, 0.15) is 25.2 Å². The predicted molar refractivity (Wildman–Crippen MR) is 77.6 cm³/mol. The third-order valence-corrected chi connectivity index (χ3v) is 2.74. The smallest absolute Gasteiger partial charge is 0.133 e. The highest BCUT2D eigenvalue weighted by Crippen LogP contribution is 2.11. The molecule has 0 aliphatic rings. The lowest BCUT2D eigenvalue weighted by molar-refractivity contribution is 0.0159. The molecule has 116 valence electrons. The summed E-state index contributed by atoms with van der Waals surface area (Å²) in [6.07, 6.45) is 1.71. The minimum absolute atomic E-state index is 0.485. The van der Waals surface area contributed by atoms with Crippen molar-refractivity contribution in [2.24, 2.45) is 5.92 Å². The molecule has 0 aromatic carbocycles. The minimum Gasteiger partial charge on any atom is -0.467 e. The number of hydrogen-bond donors (Lipinski definition) is 1. The molecular formula is C15H27NO4. The highest BCUT2D eigenvalue weighted by molar-refractivity contribution is 5.16. The van der Waals surface area contributed by atoms with Crippen LogP contribution in [0.15, 0.2) is 16.7 Å². The Morgan fingerprint density at radius 3 is 2.65 bits per heavy atom. The number of ether oxygens (including phenoxy) is 3. The number of hydrogen-bond acceptors (Lipinski definition) is 5. The first-order chi connectivity index (χ1) is 9.74. The van der Waals surface area contributed by atoms with E-state index in [-0.39, 0.29) is 0 Å². The summed E-state index contributed by atoms with van der Waals surface area (Å²) in [5.41, 5.74) is 1.16. The van der Waals surface area contributed by atoms with Gasteiger partial charge in [0.2, 0.25) is 0 Å². The summed E-state index contributed by atoms with van der Waals surface area (Å²) in [5, 5.41) is 3.40. The molecule has 0 amide bonds. The van der Waals surface area contributed by atoms with Gasteiger partial charge in [-0.1, -0.05) is 13.8 Å². The fourth-order valence-electron chi connectivity index (χ4n) is 1.67. The van der Waals surface area contributed by atoms with E-state index in [9.17, 15) is 0 Å². The molecule has 1 aromatic heterocycles. The molecule has 0 aliphatic heterocycles. The molecule has 0 bridgehead atoms. The second-order valence-electron chi connectivity index (χ2n) is 5.05. The van der Waals surface area contributed by atoms with E-state index in [0.717, 1.165) is 24.4 Å². The normalized spacial score (nSPS) is 11.4. The van der Waals surface area contributed by atoms with Gasteiger partial charge in [0.15, 0.2) is 0 Å². The van der Waals surface area contributed by atoms with Crippen LogP contribution < -0.4 is 5.32 Å². The highest BCUT2D eigenvalue weighted by atomic mass is 16.5. The van der Waals surface area contributed by atoms with Gasteiger partial charge in [-0.25, -0.2) is 0 Å². The third-order valence-electron chi connectivity index (χ3n) is 2.74. The fraction of sp³-hybridized carbons (Fsp3) is 0.733. The summed E-state index contributed by atoms with van der Waals surface area (Å²) in [6.45, 7) is 9.03. The number of nitrogens with one attached hydrogen (secondary N) is 1. The first kappa shape index (κ1) is 17.2. The first-order valence-corrected chi connectivity index (χ1v) is 7.14. The number of furan rings is 1. The monoisotopic (exact) mass is 285 g/mol. The van der Waals surface area contributed by atoms with Crippen LogP contribution in [0.25, 0.3) is 0 Å². The molecule has 5 nitrogen and oxygen atoms in total. The molecule has 0 saturated carbocycles. The molecule has 0 atom stereocenters. The van der Waals surface area contributed by atoms with E-state index in [4.69, 9.17) is 18.6 Å². The minimum atomic E-state index is 0.485. The van der Waals surface area contributed by atoms with Crippen LogP contribution >= 0.6 is 0 Å². The van der Waals surface area contributed by atoms with Crippen molar-refractivity contribution in [3.63, 3.8) is 0 Å². The lowest BCUT2D eigenvalue weighted by Gasteiger charge is -2.08. The van der Waals surface area contributed by atoms with Gasteiger partial charge in [0.1, 0.15) is 12.4 Å². The van der Waals surface area contributed by atoms with Crippen LogP contribution in [0.3, 0.4) is 0 Å². The molecule has 0 fully saturated rings. The van der Waals surface area contributed by atoms with Gasteiger partial charge < -0.3 is 23.9 Å². The Bertz CT molecular complexity index is 338. The van der Waals surface area contributed by atoms with E-state index in [1.165, 1.54) is 0 Å². The Hall–Kier alpha value is -0.880. The lowest BCUT2D eigenvalue weighted by atomic mass is 10.2. The maximum atomic E-state index is 5.54. The van der Waals surface area contributed by atoms with Crippen LogP contribution in [0, 0.1) is 5.92 Å². The van der Waals surface area contributed by atoms with E-state index < -0.39 is 0 Å². The largest absolute Gasteiger partial charge is 0.467 e. The maximum Gasteiger partial charge on any atom is 0.133 e. The van der Waals surface area contributed by atoms with E-state index in [2.05, 4.69) is 19.2 Å². The van der Waals surface area contributed by atoms with Gasteiger partial charge in [-0.2, -0.15) is 0 Å². The second kappa shape index (κ2) is 10.9. The number of methoxy groups -OCH3 is 1. The molecule has 0 radical (unpaired) electrons. The summed E-state index contributed by atoms with van der Waals surface area (Å²) in [7, 11) is 1.66. The maximum absolute atomic E-state index is 5.54. The Kier molecular flexibility index (Phi) is 9.32. The van der Waals surface area contributed by atoms with Gasteiger partial charge in [-0.05, 0) is 18.5 Å². The molecule has 0 unspecified atom stereocenters. The topological polar surface area (TPSA) is 52.9 Å². The highest BCUT2D eigenvalue weighted by Gasteiger charge is 2.06. The quantitative estimate of drug-likeness (QED) is 0.597. The second-order valence-corrected chi connectivity index (χ2v) is 5.05. The molecule has 5 heteroatoms. The summed E-state index contributed by atoms with van der Waals surface area (Å²) in [6, 6.07) is 1.99. The van der Waals surface area contributed by atoms with Crippen LogP contribution in [0.5, 0.6) is 0 Å². The molecule has 20 heavy (non-hydrogen) atoms. The fourth-order valence-corrected chi connectivity index (χ4v) is 1.67. The van der Waals surface area contributed by atoms with E-state index in [0.29, 0.717) is 39.0 Å². The predicted octanol–water partition coefficient (Wildman–Crippen LogP) is 2.20. The van der Waals surface area contributed by atoms with E-state index >= 15 is 0 Å². The summed E-state index contributed by atoms with van der Waals surface area (Å²) in [5.74, 6) is 1.53. The number of rotatable bonds is 12. The zero-order valence-corrected chi connectivity index (χ0v) is 12.8. The lowest BCUT2D eigenvalue weighted by Crippen LogP contribution is -2.19. The van der Waals surface area contributed by atoms with Crippen molar-refractivity contribution in [1.82, 2.24) is 5.32 Å². The third kappa shape index (κ3) is 7.65. The molecule has 1 aromatic rings. The van der Waals surface area contributed by atoms with Gasteiger partial charge >= 0.3 is 0 Å². The summed E-state index contributed by atoms with van der Waals surface area (Å²) in [4.78, 5) is 0. The zero-order chi connectivity index (χ0) is 14.6. The van der Waals surface area contributed by atoms with Crippen LogP contribution in [0.4, 0.5) is 0 Å². The van der Waals surface area contributed by atoms with Crippen LogP contribution in [-0.2, 0) is 27.4 Å². The standard InChI is InChI=1S/C15H27NO4/c1-13(2)10-16-11-14-4-5-20-15(14)12-19-9-8-18-7-6-17-3/h4-5,13,16H,6-12H2,1-3H3. The van der Waals surface area contributed by atoms with Gasteiger partial charge in [0, 0.05) is 19.2 Å². The van der Waals surface area contributed by atoms with Crippen molar-refractivity contribution in [3.8, 4) is 0 Å². The molecule has 1 rings (SSSR count). The first-order valence-electron chi connectivity index (χ1n) is 7.14. The summed E-state index contributed by atoms with van der Waals surface area (Å²) >= 11 is 0. The Morgan fingerprint density at radius 2 is 1.90 bits per heavy atom. The Balaban J connectivity index is 2.12. The van der Waals surface area contributed by atoms with Crippen molar-refractivity contribution in [1.29, 1.82) is 0 Å². The van der Waals surface area contributed by atoms with Crippen molar-refractivity contribution < 1.29 is 18.6 Å². The van der Waals surface area contributed by atoms with Gasteiger partial charge in [0.25, 0.3) is 0 Å². The van der Waals surface area contributed by atoms with E-state index in [1.807, 2.05) is 6.07 Å². The molecule has 1 N–H and O–H groups in total. The van der Waals surface area contributed by atoms with Gasteiger partial charge in [-0.3, -0.25) is 0 Å². The average Bonchev–Trinajstić information content (AvgIpc) is 2.85. The zero-order valence-electron chi connectivity index (χ0n) is 12.8. The van der Waals surface area contributed by atoms with Gasteiger partial charge in [0.05, 0.1) is 32.7 Å². The van der Waals surface area contributed by atoms with Crippen molar-refractivity contribution in [2.45, 2.75) is 27.0 Å². The summed E-state index contributed by atoms with van der Waals surface area (Å²) < 4.78 is 21.2. The molecule has 0 spiro atoms. The molecule has 1 heterocycles. The molecular weight excluding hydrogens is 258 g/mol. The van der Waals surface area contributed by atoms with Crippen molar-refractivity contribution in [3.05, 3.63) is 23.7 Å². The Labute approximate surface area is 121 Å². The Morgan fingerprint density at radius 1 is 1.15 bits per heavy atom.